The third-order valence-corrected chi connectivity index (χ3v) is 4.31. The lowest BCUT2D eigenvalue weighted by atomic mass is 10.0. The third-order valence-electron chi connectivity index (χ3n) is 4.10. The largest absolute Gasteiger partial charge is 0.478 e. The number of carboxylic acid groups (broad SMARTS) is 1. The van der Waals surface area contributed by atoms with E-state index in [1.165, 1.54) is 25.3 Å². The Kier molecular flexibility index (Phi) is 2.90. The van der Waals surface area contributed by atoms with Crippen LogP contribution < -0.4 is 4.90 Å². The standard InChI is InChI=1S/C13H15ClN2O2/c14-11-5-4-10(13(17)18)12(15-11)16-6-8-2-1-3-9(8)7-16/h4-5,8-9H,1-3,6-7H2,(H,17,18). The zero-order valence-corrected chi connectivity index (χ0v) is 10.7. The van der Waals surface area contributed by atoms with Crippen molar-refractivity contribution < 1.29 is 9.90 Å². The van der Waals surface area contributed by atoms with Crippen LogP contribution in [0.2, 0.25) is 5.15 Å². The molecule has 0 bridgehead atoms. The molecule has 0 aromatic carbocycles. The number of aromatic nitrogens is 1. The van der Waals surface area contributed by atoms with Crippen LogP contribution in [0, 0.1) is 11.8 Å². The fourth-order valence-corrected chi connectivity index (χ4v) is 3.38. The first kappa shape index (κ1) is 11.8. The van der Waals surface area contributed by atoms with E-state index < -0.39 is 5.97 Å². The van der Waals surface area contributed by atoms with Crippen molar-refractivity contribution in [1.82, 2.24) is 4.98 Å². The Balaban J connectivity index is 1.92. The summed E-state index contributed by atoms with van der Waals surface area (Å²) in [5, 5.41) is 9.56. The number of carboxylic acids is 1. The maximum absolute atomic E-state index is 11.2. The topological polar surface area (TPSA) is 53.4 Å². The predicted octanol–water partition coefficient (Wildman–Crippen LogP) is 2.67. The van der Waals surface area contributed by atoms with Gasteiger partial charge >= 0.3 is 5.97 Å². The minimum Gasteiger partial charge on any atom is -0.478 e. The van der Waals surface area contributed by atoms with Gasteiger partial charge in [0.15, 0.2) is 0 Å². The molecule has 2 aliphatic rings. The Morgan fingerprint density at radius 3 is 2.61 bits per heavy atom. The minimum absolute atomic E-state index is 0.249. The van der Waals surface area contributed by atoms with Crippen molar-refractivity contribution in [2.75, 3.05) is 18.0 Å². The van der Waals surface area contributed by atoms with E-state index in [-0.39, 0.29) is 5.56 Å². The number of aromatic carboxylic acids is 1. The van der Waals surface area contributed by atoms with E-state index >= 15 is 0 Å². The van der Waals surface area contributed by atoms with Crippen molar-refractivity contribution in [2.45, 2.75) is 19.3 Å². The molecule has 1 aliphatic carbocycles. The molecule has 96 valence electrons. The smallest absolute Gasteiger partial charge is 0.339 e. The second-order valence-electron chi connectivity index (χ2n) is 5.17. The van der Waals surface area contributed by atoms with Crippen LogP contribution >= 0.6 is 11.6 Å². The minimum atomic E-state index is -0.939. The zero-order chi connectivity index (χ0) is 12.7. The Bertz CT molecular complexity index is 480. The summed E-state index contributed by atoms with van der Waals surface area (Å²) in [6.07, 6.45) is 3.81. The summed E-state index contributed by atoms with van der Waals surface area (Å²) >= 11 is 5.89. The quantitative estimate of drug-likeness (QED) is 0.836. The van der Waals surface area contributed by atoms with E-state index in [9.17, 15) is 9.90 Å². The summed E-state index contributed by atoms with van der Waals surface area (Å²) < 4.78 is 0. The van der Waals surface area contributed by atoms with E-state index in [2.05, 4.69) is 9.88 Å². The van der Waals surface area contributed by atoms with Gasteiger partial charge in [-0.3, -0.25) is 0 Å². The van der Waals surface area contributed by atoms with Gasteiger partial charge in [0.2, 0.25) is 0 Å². The highest BCUT2D eigenvalue weighted by molar-refractivity contribution is 6.29. The molecule has 0 spiro atoms. The Labute approximate surface area is 111 Å². The summed E-state index contributed by atoms with van der Waals surface area (Å²) in [7, 11) is 0. The molecule has 1 aliphatic heterocycles. The highest BCUT2D eigenvalue weighted by Gasteiger charge is 2.37. The van der Waals surface area contributed by atoms with Gasteiger partial charge in [-0.2, -0.15) is 0 Å². The molecule has 1 N–H and O–H groups in total. The predicted molar refractivity (Wildman–Crippen MR) is 69.3 cm³/mol. The SMILES string of the molecule is O=C(O)c1ccc(Cl)nc1N1CC2CCCC2C1. The molecule has 2 heterocycles. The van der Waals surface area contributed by atoms with E-state index in [1.807, 2.05) is 0 Å². The summed E-state index contributed by atoms with van der Waals surface area (Å²) in [4.78, 5) is 17.5. The van der Waals surface area contributed by atoms with Gasteiger partial charge in [-0.15, -0.1) is 0 Å². The number of pyridine rings is 1. The molecule has 0 radical (unpaired) electrons. The average molecular weight is 267 g/mol. The molecule has 1 saturated carbocycles. The van der Waals surface area contributed by atoms with Crippen molar-refractivity contribution in [3.8, 4) is 0 Å². The van der Waals surface area contributed by atoms with Crippen molar-refractivity contribution in [3.05, 3.63) is 22.8 Å². The Hall–Kier alpha value is -1.29. The summed E-state index contributed by atoms with van der Waals surface area (Å²) in [6.45, 7) is 1.83. The van der Waals surface area contributed by atoms with Crippen LogP contribution in [-0.2, 0) is 0 Å². The number of rotatable bonds is 2. The van der Waals surface area contributed by atoms with Crippen molar-refractivity contribution in [2.24, 2.45) is 11.8 Å². The first-order chi connectivity index (χ1) is 8.65. The molecular formula is C13H15ClN2O2. The molecule has 1 aromatic rings. The molecule has 5 heteroatoms. The molecule has 2 unspecified atom stereocenters. The van der Waals surface area contributed by atoms with Gasteiger partial charge in [0.1, 0.15) is 16.5 Å². The number of hydrogen-bond donors (Lipinski definition) is 1. The lowest BCUT2D eigenvalue weighted by molar-refractivity contribution is 0.0697. The fourth-order valence-electron chi connectivity index (χ4n) is 3.24. The fraction of sp³-hybridized carbons (Fsp3) is 0.538. The maximum atomic E-state index is 11.2. The van der Waals surface area contributed by atoms with Crippen LogP contribution in [0.4, 0.5) is 5.82 Å². The Morgan fingerprint density at radius 2 is 2.00 bits per heavy atom. The molecule has 1 aromatic heterocycles. The van der Waals surface area contributed by atoms with E-state index in [4.69, 9.17) is 11.6 Å². The number of carbonyl (C=O) groups is 1. The van der Waals surface area contributed by atoms with Gasteiger partial charge in [-0.25, -0.2) is 9.78 Å². The first-order valence-corrected chi connectivity index (χ1v) is 6.67. The number of halogens is 1. The van der Waals surface area contributed by atoms with E-state index in [0.717, 1.165) is 13.1 Å². The molecule has 2 fully saturated rings. The number of anilines is 1. The second-order valence-corrected chi connectivity index (χ2v) is 5.55. The lowest BCUT2D eigenvalue weighted by Crippen LogP contribution is -2.24. The molecule has 0 amide bonds. The zero-order valence-electron chi connectivity index (χ0n) is 9.97. The average Bonchev–Trinajstić information content (AvgIpc) is 2.88. The van der Waals surface area contributed by atoms with Crippen molar-refractivity contribution >= 4 is 23.4 Å². The molecule has 4 nitrogen and oxygen atoms in total. The van der Waals surface area contributed by atoms with Crippen LogP contribution in [0.25, 0.3) is 0 Å². The first-order valence-electron chi connectivity index (χ1n) is 6.30. The Morgan fingerprint density at radius 1 is 1.33 bits per heavy atom. The normalized spacial score (nSPS) is 26.4. The molecule has 18 heavy (non-hydrogen) atoms. The molecule has 3 rings (SSSR count). The van der Waals surface area contributed by atoms with Crippen LogP contribution in [-0.4, -0.2) is 29.1 Å². The lowest BCUT2D eigenvalue weighted by Gasteiger charge is -2.20. The van der Waals surface area contributed by atoms with Gasteiger partial charge in [0.25, 0.3) is 0 Å². The second kappa shape index (κ2) is 4.43. The van der Waals surface area contributed by atoms with Crippen LogP contribution in [0.5, 0.6) is 0 Å². The van der Waals surface area contributed by atoms with Gasteiger partial charge in [-0.05, 0) is 36.8 Å². The summed E-state index contributed by atoms with van der Waals surface area (Å²) in [5.41, 5.74) is 0.249. The number of fused-ring (bicyclic) bond motifs is 1. The van der Waals surface area contributed by atoms with Crippen molar-refractivity contribution in [1.29, 1.82) is 0 Å². The highest BCUT2D eigenvalue weighted by atomic mass is 35.5. The maximum Gasteiger partial charge on any atom is 0.339 e. The van der Waals surface area contributed by atoms with Gasteiger partial charge in [0, 0.05) is 13.1 Å². The van der Waals surface area contributed by atoms with Crippen LogP contribution in [0.3, 0.4) is 0 Å². The molecule has 2 atom stereocenters. The van der Waals surface area contributed by atoms with Crippen LogP contribution in [0.1, 0.15) is 29.6 Å². The van der Waals surface area contributed by atoms with E-state index in [0.29, 0.717) is 22.8 Å². The monoisotopic (exact) mass is 266 g/mol. The molecule has 1 saturated heterocycles. The molecular weight excluding hydrogens is 252 g/mol. The van der Waals surface area contributed by atoms with Crippen LogP contribution in [0.15, 0.2) is 12.1 Å². The van der Waals surface area contributed by atoms with E-state index in [1.54, 1.807) is 6.07 Å². The highest BCUT2D eigenvalue weighted by Crippen LogP contribution is 2.40. The summed E-state index contributed by atoms with van der Waals surface area (Å²) in [6, 6.07) is 3.08. The van der Waals surface area contributed by atoms with Gasteiger partial charge in [-0.1, -0.05) is 18.0 Å². The van der Waals surface area contributed by atoms with Gasteiger partial charge in [0.05, 0.1) is 0 Å². The van der Waals surface area contributed by atoms with Crippen molar-refractivity contribution in [3.63, 3.8) is 0 Å². The number of nitrogens with zero attached hydrogens (tertiary/aromatic N) is 2. The van der Waals surface area contributed by atoms with Gasteiger partial charge < -0.3 is 10.0 Å². The summed E-state index contributed by atoms with van der Waals surface area (Å²) in [5.74, 6) is 0.996. The number of hydrogen-bond acceptors (Lipinski definition) is 3. The third kappa shape index (κ3) is 1.94.